The number of quaternary nitrogens is 2. The van der Waals surface area contributed by atoms with E-state index in [9.17, 15) is 4.79 Å². The molecule has 4 nitrogen and oxygen atoms in total. The van der Waals surface area contributed by atoms with Gasteiger partial charge in [-0.1, -0.05) is 30.3 Å². The predicted molar refractivity (Wildman–Crippen MR) is 113 cm³/mol. The molecule has 0 unspecified atom stereocenters. The number of nitrogens with one attached hydrogen (secondary N) is 3. The fourth-order valence-electron chi connectivity index (χ4n) is 3.77. The van der Waals surface area contributed by atoms with E-state index >= 15 is 0 Å². The van der Waals surface area contributed by atoms with Crippen molar-refractivity contribution in [3.05, 3.63) is 59.2 Å². The number of anilines is 1. The number of carbonyl (C=O) groups is 1. The van der Waals surface area contributed by atoms with Crippen LogP contribution in [0.3, 0.4) is 0 Å². The molecule has 1 aliphatic heterocycles. The summed E-state index contributed by atoms with van der Waals surface area (Å²) >= 11 is 1.78. The SMILES string of the molecule is CSc1ccc(C[NH+]2CC[NH+](CC(=O)Nc3c(C)cccc3C)CC2)cc1. The maximum Gasteiger partial charge on any atom is 0.279 e. The zero-order valence-electron chi connectivity index (χ0n) is 16.6. The second-order valence-corrected chi connectivity index (χ2v) is 8.40. The molecule has 1 amide bonds. The van der Waals surface area contributed by atoms with Gasteiger partial charge in [0.15, 0.2) is 6.54 Å². The number of amides is 1. The van der Waals surface area contributed by atoms with E-state index < -0.39 is 0 Å². The van der Waals surface area contributed by atoms with Gasteiger partial charge >= 0.3 is 0 Å². The van der Waals surface area contributed by atoms with Crippen molar-refractivity contribution in [2.24, 2.45) is 0 Å². The molecule has 3 N–H and O–H groups in total. The van der Waals surface area contributed by atoms with E-state index in [0.29, 0.717) is 6.54 Å². The lowest BCUT2D eigenvalue weighted by Crippen LogP contribution is -3.28. The fraction of sp³-hybridized carbons (Fsp3) is 0.409. The summed E-state index contributed by atoms with van der Waals surface area (Å²) in [6, 6.07) is 15.0. The predicted octanol–water partition coefficient (Wildman–Crippen LogP) is 0.947. The lowest BCUT2D eigenvalue weighted by atomic mass is 10.1. The van der Waals surface area contributed by atoms with Gasteiger partial charge in [0, 0.05) is 16.1 Å². The van der Waals surface area contributed by atoms with E-state index in [2.05, 4.69) is 35.8 Å². The van der Waals surface area contributed by atoms with E-state index in [1.54, 1.807) is 16.7 Å². The van der Waals surface area contributed by atoms with Gasteiger partial charge in [0.1, 0.15) is 32.7 Å². The zero-order chi connectivity index (χ0) is 19.2. The summed E-state index contributed by atoms with van der Waals surface area (Å²) in [6.07, 6.45) is 2.11. The third-order valence-corrected chi connectivity index (χ3v) is 6.18. The lowest BCUT2D eigenvalue weighted by molar-refractivity contribution is -1.02. The first-order chi connectivity index (χ1) is 13.0. The van der Waals surface area contributed by atoms with Crippen molar-refractivity contribution < 1.29 is 14.6 Å². The molecule has 3 rings (SSSR count). The van der Waals surface area contributed by atoms with Crippen LogP contribution in [0.5, 0.6) is 0 Å². The van der Waals surface area contributed by atoms with Crippen molar-refractivity contribution in [3.63, 3.8) is 0 Å². The highest BCUT2D eigenvalue weighted by atomic mass is 32.2. The highest BCUT2D eigenvalue weighted by Crippen LogP contribution is 2.18. The first kappa shape index (κ1) is 19.9. The van der Waals surface area contributed by atoms with E-state index in [-0.39, 0.29) is 5.91 Å². The van der Waals surface area contributed by atoms with Crippen LogP contribution in [0.25, 0.3) is 0 Å². The molecule has 2 aromatic carbocycles. The Morgan fingerprint density at radius 3 is 2.15 bits per heavy atom. The summed E-state index contributed by atoms with van der Waals surface area (Å²) in [5.74, 6) is 0.124. The highest BCUT2D eigenvalue weighted by molar-refractivity contribution is 7.98. The van der Waals surface area contributed by atoms with Crippen molar-refractivity contribution in [1.82, 2.24) is 0 Å². The first-order valence-corrected chi connectivity index (χ1v) is 10.9. The molecule has 0 aromatic heterocycles. The van der Waals surface area contributed by atoms with Crippen LogP contribution in [0.4, 0.5) is 5.69 Å². The molecule has 1 fully saturated rings. The van der Waals surface area contributed by atoms with E-state index in [0.717, 1.165) is 49.5 Å². The molecule has 144 valence electrons. The topological polar surface area (TPSA) is 38.0 Å². The van der Waals surface area contributed by atoms with Crippen LogP contribution < -0.4 is 15.1 Å². The third kappa shape index (κ3) is 5.58. The van der Waals surface area contributed by atoms with Gasteiger partial charge in [-0.05, 0) is 43.4 Å². The largest absolute Gasteiger partial charge is 0.322 e. The van der Waals surface area contributed by atoms with Crippen LogP contribution in [0.15, 0.2) is 47.4 Å². The molecule has 0 spiro atoms. The van der Waals surface area contributed by atoms with Gasteiger partial charge in [-0.15, -0.1) is 11.8 Å². The Balaban J connectivity index is 1.45. The number of piperazine rings is 1. The Hall–Kier alpha value is -1.82. The third-order valence-electron chi connectivity index (χ3n) is 5.43. The van der Waals surface area contributed by atoms with Crippen LogP contribution >= 0.6 is 11.8 Å². The second-order valence-electron chi connectivity index (χ2n) is 7.52. The molecule has 1 aliphatic rings. The van der Waals surface area contributed by atoms with Crippen molar-refractivity contribution in [2.45, 2.75) is 25.3 Å². The van der Waals surface area contributed by atoms with Crippen molar-refractivity contribution >= 4 is 23.4 Å². The van der Waals surface area contributed by atoms with Gasteiger partial charge in [0.25, 0.3) is 5.91 Å². The normalized spacial score (nSPS) is 19.7. The molecule has 0 atom stereocenters. The van der Waals surface area contributed by atoms with E-state index in [1.165, 1.54) is 15.4 Å². The Bertz CT molecular complexity index is 747. The number of rotatable bonds is 6. The molecule has 1 saturated heterocycles. The maximum absolute atomic E-state index is 12.5. The molecule has 0 radical (unpaired) electrons. The monoisotopic (exact) mass is 385 g/mol. The van der Waals surface area contributed by atoms with Crippen molar-refractivity contribution in [3.8, 4) is 0 Å². The number of para-hydroxylation sites is 1. The Morgan fingerprint density at radius 2 is 1.56 bits per heavy atom. The molecule has 0 saturated carbocycles. The van der Waals surface area contributed by atoms with Crippen LogP contribution in [0, 0.1) is 13.8 Å². The molecule has 2 aromatic rings. The van der Waals surface area contributed by atoms with Crippen molar-refractivity contribution in [2.75, 3.05) is 44.3 Å². The minimum absolute atomic E-state index is 0.124. The van der Waals surface area contributed by atoms with Gasteiger partial charge in [-0.3, -0.25) is 4.79 Å². The van der Waals surface area contributed by atoms with Crippen LogP contribution in [0.1, 0.15) is 16.7 Å². The van der Waals surface area contributed by atoms with Gasteiger partial charge in [-0.2, -0.15) is 0 Å². The molecule has 27 heavy (non-hydrogen) atoms. The van der Waals surface area contributed by atoms with Gasteiger partial charge < -0.3 is 15.1 Å². The zero-order valence-corrected chi connectivity index (χ0v) is 17.4. The van der Waals surface area contributed by atoms with Crippen LogP contribution in [-0.2, 0) is 11.3 Å². The smallest absolute Gasteiger partial charge is 0.279 e. The number of thioether (sulfide) groups is 1. The maximum atomic E-state index is 12.5. The molecule has 5 heteroatoms. The standard InChI is InChI=1S/C22H29N3OS/c1-17-5-4-6-18(2)22(17)23-21(26)16-25-13-11-24(12-14-25)15-19-7-9-20(27-3)10-8-19/h4-10H,11-16H2,1-3H3,(H,23,26)/p+2. The summed E-state index contributed by atoms with van der Waals surface area (Å²) in [7, 11) is 0. The Morgan fingerprint density at radius 1 is 0.963 bits per heavy atom. The summed E-state index contributed by atoms with van der Waals surface area (Å²) in [6.45, 7) is 10.1. The van der Waals surface area contributed by atoms with Crippen molar-refractivity contribution in [1.29, 1.82) is 0 Å². The van der Waals surface area contributed by atoms with Gasteiger partial charge in [0.2, 0.25) is 0 Å². The molecular formula is C22H31N3OS+2. The molecular weight excluding hydrogens is 354 g/mol. The van der Waals surface area contributed by atoms with Gasteiger partial charge in [0.05, 0.1) is 0 Å². The minimum Gasteiger partial charge on any atom is -0.322 e. The average Bonchev–Trinajstić information content (AvgIpc) is 2.67. The molecule has 1 heterocycles. The molecule has 0 bridgehead atoms. The number of hydrogen-bond acceptors (Lipinski definition) is 2. The quantitative estimate of drug-likeness (QED) is 0.648. The Kier molecular flexibility index (Phi) is 6.94. The van der Waals surface area contributed by atoms with E-state index in [1.807, 2.05) is 32.0 Å². The highest BCUT2D eigenvalue weighted by Gasteiger charge is 2.25. The van der Waals surface area contributed by atoms with Crippen LogP contribution in [-0.4, -0.2) is 44.9 Å². The van der Waals surface area contributed by atoms with Gasteiger partial charge in [-0.25, -0.2) is 0 Å². The Labute approximate surface area is 166 Å². The fourth-order valence-corrected chi connectivity index (χ4v) is 4.17. The second kappa shape index (κ2) is 9.40. The molecule has 0 aliphatic carbocycles. The summed E-state index contributed by atoms with van der Waals surface area (Å²) in [4.78, 5) is 16.8. The summed E-state index contributed by atoms with van der Waals surface area (Å²) < 4.78 is 0. The first-order valence-electron chi connectivity index (χ1n) is 9.71. The van der Waals surface area contributed by atoms with Crippen LogP contribution in [0.2, 0.25) is 0 Å². The number of aryl methyl sites for hydroxylation is 2. The average molecular weight is 386 g/mol. The van der Waals surface area contributed by atoms with E-state index in [4.69, 9.17) is 0 Å². The number of carbonyl (C=O) groups excluding carboxylic acids is 1. The minimum atomic E-state index is 0.124. The summed E-state index contributed by atoms with van der Waals surface area (Å²) in [5.41, 5.74) is 4.62. The number of benzene rings is 2. The lowest BCUT2D eigenvalue weighted by Gasteiger charge is -2.29. The summed E-state index contributed by atoms with van der Waals surface area (Å²) in [5, 5.41) is 3.12. The number of hydrogen-bond donors (Lipinski definition) is 3.